The summed E-state index contributed by atoms with van der Waals surface area (Å²) < 4.78 is 13.6. The molecule has 2 aliphatic rings. The van der Waals surface area contributed by atoms with Gasteiger partial charge in [-0.25, -0.2) is 4.39 Å². The lowest BCUT2D eigenvalue weighted by molar-refractivity contribution is -0.144. The average molecular weight is 471 g/mol. The summed E-state index contributed by atoms with van der Waals surface area (Å²) in [6.07, 6.45) is 8.30. The molecule has 9 heteroatoms. The molecule has 1 heterocycles. The van der Waals surface area contributed by atoms with Crippen molar-refractivity contribution in [2.75, 3.05) is 0 Å². The normalized spacial score (nSPS) is 21.9. The largest absolute Gasteiger partial charge is 0.351 e. The summed E-state index contributed by atoms with van der Waals surface area (Å²) in [7, 11) is 0. The Bertz CT molecular complexity index is 1020. The van der Waals surface area contributed by atoms with Gasteiger partial charge in [0.1, 0.15) is 18.4 Å². The van der Waals surface area contributed by atoms with E-state index in [4.69, 9.17) is 0 Å². The molecule has 34 heavy (non-hydrogen) atoms. The SMILES string of the molecule is Cc1cc(-c2nnn(CC(=O)N(C3CCCCC3)C(C)C(=O)NC3CCCC3C)n2)ccc1F. The number of carbonyl (C=O) groups excluding carboxylic acids is 2. The Morgan fingerprint density at radius 1 is 1.18 bits per heavy atom. The van der Waals surface area contributed by atoms with E-state index in [1.165, 1.54) is 10.9 Å². The van der Waals surface area contributed by atoms with Crippen LogP contribution in [0.3, 0.4) is 0 Å². The fourth-order valence-electron chi connectivity index (χ4n) is 5.30. The minimum absolute atomic E-state index is 0.0331. The zero-order valence-electron chi connectivity index (χ0n) is 20.3. The van der Waals surface area contributed by atoms with Gasteiger partial charge in [0.25, 0.3) is 0 Å². The van der Waals surface area contributed by atoms with Crippen LogP contribution in [0.25, 0.3) is 11.4 Å². The van der Waals surface area contributed by atoms with E-state index >= 15 is 0 Å². The number of hydrogen-bond acceptors (Lipinski definition) is 5. The number of nitrogens with zero attached hydrogens (tertiary/aromatic N) is 5. The molecule has 2 saturated carbocycles. The minimum atomic E-state index is -0.564. The highest BCUT2D eigenvalue weighted by Crippen LogP contribution is 2.27. The van der Waals surface area contributed by atoms with Crippen LogP contribution in [0.2, 0.25) is 0 Å². The number of carbonyl (C=O) groups is 2. The molecule has 1 aromatic carbocycles. The number of halogens is 1. The summed E-state index contributed by atoms with van der Waals surface area (Å²) in [6, 6.07) is 4.26. The lowest BCUT2D eigenvalue weighted by Gasteiger charge is -2.38. The third-order valence-corrected chi connectivity index (χ3v) is 7.39. The molecule has 3 atom stereocenters. The molecule has 2 aliphatic carbocycles. The number of hydrogen-bond donors (Lipinski definition) is 1. The fraction of sp³-hybridized carbons (Fsp3) is 0.640. The molecule has 3 unspecified atom stereocenters. The number of nitrogens with one attached hydrogen (secondary N) is 1. The molecule has 1 aromatic heterocycles. The Hall–Kier alpha value is -2.84. The number of aryl methyl sites for hydroxylation is 1. The molecule has 1 N–H and O–H groups in total. The third kappa shape index (κ3) is 5.45. The lowest BCUT2D eigenvalue weighted by atomic mass is 9.93. The Labute approximate surface area is 200 Å². The van der Waals surface area contributed by atoms with Gasteiger partial charge in [-0.05, 0) is 74.4 Å². The van der Waals surface area contributed by atoms with Gasteiger partial charge in [-0.15, -0.1) is 10.2 Å². The van der Waals surface area contributed by atoms with Gasteiger partial charge in [0.15, 0.2) is 0 Å². The summed E-state index contributed by atoms with van der Waals surface area (Å²) in [5.74, 6) is 0.220. The first-order chi connectivity index (χ1) is 16.3. The molecule has 0 aliphatic heterocycles. The lowest BCUT2D eigenvalue weighted by Crippen LogP contribution is -2.55. The van der Waals surface area contributed by atoms with Crippen molar-refractivity contribution in [1.29, 1.82) is 0 Å². The van der Waals surface area contributed by atoms with E-state index in [0.29, 0.717) is 22.9 Å². The van der Waals surface area contributed by atoms with E-state index in [9.17, 15) is 14.0 Å². The van der Waals surface area contributed by atoms with E-state index in [1.54, 1.807) is 24.0 Å². The molecule has 2 aromatic rings. The van der Waals surface area contributed by atoms with Crippen molar-refractivity contribution < 1.29 is 14.0 Å². The van der Waals surface area contributed by atoms with E-state index in [1.807, 2.05) is 6.92 Å². The van der Waals surface area contributed by atoms with Crippen LogP contribution < -0.4 is 5.32 Å². The summed E-state index contributed by atoms with van der Waals surface area (Å²) in [5.41, 5.74) is 1.13. The van der Waals surface area contributed by atoms with Crippen LogP contribution >= 0.6 is 0 Å². The summed E-state index contributed by atoms with van der Waals surface area (Å²) in [6.45, 7) is 5.57. The van der Waals surface area contributed by atoms with E-state index in [2.05, 4.69) is 27.7 Å². The third-order valence-electron chi connectivity index (χ3n) is 7.39. The second-order valence-electron chi connectivity index (χ2n) is 9.90. The maximum absolute atomic E-state index is 13.6. The molecule has 184 valence electrons. The molecule has 8 nitrogen and oxygen atoms in total. The minimum Gasteiger partial charge on any atom is -0.351 e. The van der Waals surface area contributed by atoms with Crippen LogP contribution in [0.1, 0.15) is 70.8 Å². The van der Waals surface area contributed by atoms with Gasteiger partial charge in [-0.2, -0.15) is 4.80 Å². The quantitative estimate of drug-likeness (QED) is 0.667. The van der Waals surface area contributed by atoms with Crippen LogP contribution in [0.5, 0.6) is 0 Å². The Kier molecular flexibility index (Phi) is 7.58. The molecular weight excluding hydrogens is 435 g/mol. The van der Waals surface area contributed by atoms with E-state index in [0.717, 1.165) is 51.4 Å². The van der Waals surface area contributed by atoms with Gasteiger partial charge in [-0.1, -0.05) is 32.6 Å². The monoisotopic (exact) mass is 470 g/mol. The zero-order valence-corrected chi connectivity index (χ0v) is 20.3. The van der Waals surface area contributed by atoms with Crippen molar-refractivity contribution in [3.05, 3.63) is 29.6 Å². The smallest absolute Gasteiger partial charge is 0.247 e. The first-order valence-corrected chi connectivity index (χ1v) is 12.5. The van der Waals surface area contributed by atoms with Crippen molar-refractivity contribution in [3.8, 4) is 11.4 Å². The first-order valence-electron chi connectivity index (χ1n) is 12.5. The number of amides is 2. The maximum Gasteiger partial charge on any atom is 0.247 e. The number of aromatic nitrogens is 4. The highest BCUT2D eigenvalue weighted by molar-refractivity contribution is 5.87. The Morgan fingerprint density at radius 3 is 2.62 bits per heavy atom. The van der Waals surface area contributed by atoms with Crippen LogP contribution in [-0.4, -0.2) is 55.0 Å². The Morgan fingerprint density at radius 2 is 1.94 bits per heavy atom. The molecule has 0 spiro atoms. The fourth-order valence-corrected chi connectivity index (χ4v) is 5.30. The van der Waals surface area contributed by atoms with Crippen molar-refractivity contribution in [2.24, 2.45) is 5.92 Å². The van der Waals surface area contributed by atoms with Crippen LogP contribution in [0.4, 0.5) is 4.39 Å². The number of tetrazole rings is 1. The summed E-state index contributed by atoms with van der Waals surface area (Å²) in [4.78, 5) is 29.6. The molecule has 0 saturated heterocycles. The molecule has 4 rings (SSSR count). The highest BCUT2D eigenvalue weighted by atomic mass is 19.1. The van der Waals surface area contributed by atoms with Gasteiger partial charge in [0, 0.05) is 17.6 Å². The van der Waals surface area contributed by atoms with Crippen molar-refractivity contribution >= 4 is 11.8 Å². The second-order valence-corrected chi connectivity index (χ2v) is 9.90. The van der Waals surface area contributed by atoms with Crippen molar-refractivity contribution in [3.63, 3.8) is 0 Å². The van der Waals surface area contributed by atoms with Gasteiger partial charge in [0.2, 0.25) is 17.6 Å². The Balaban J connectivity index is 1.48. The van der Waals surface area contributed by atoms with E-state index < -0.39 is 6.04 Å². The molecular formula is C25H35FN6O2. The van der Waals surface area contributed by atoms with Gasteiger partial charge >= 0.3 is 0 Å². The topological polar surface area (TPSA) is 93.0 Å². The van der Waals surface area contributed by atoms with Gasteiger partial charge < -0.3 is 10.2 Å². The zero-order chi connectivity index (χ0) is 24.2. The highest BCUT2D eigenvalue weighted by Gasteiger charge is 2.35. The van der Waals surface area contributed by atoms with Crippen LogP contribution in [-0.2, 0) is 16.1 Å². The van der Waals surface area contributed by atoms with Crippen LogP contribution in [0.15, 0.2) is 18.2 Å². The van der Waals surface area contributed by atoms with Crippen molar-refractivity contribution in [1.82, 2.24) is 30.4 Å². The first kappa shape index (κ1) is 24.3. The summed E-state index contributed by atoms with van der Waals surface area (Å²) >= 11 is 0. The molecule has 0 radical (unpaired) electrons. The summed E-state index contributed by atoms with van der Waals surface area (Å²) in [5, 5.41) is 15.6. The molecule has 2 fully saturated rings. The van der Waals surface area contributed by atoms with Gasteiger partial charge in [-0.3, -0.25) is 9.59 Å². The predicted octanol–water partition coefficient (Wildman–Crippen LogP) is 3.64. The maximum atomic E-state index is 13.6. The number of rotatable bonds is 7. The standard InChI is InChI=1S/C25H35FN6O2/c1-16-8-7-11-22(16)27-25(34)18(3)32(20-9-5-4-6-10-20)23(33)15-31-29-24(28-30-31)19-12-13-21(26)17(2)14-19/h12-14,16,18,20,22H,4-11,15H2,1-3H3,(H,27,34). The predicted molar refractivity (Wildman–Crippen MR) is 126 cm³/mol. The molecule has 0 bridgehead atoms. The number of benzene rings is 1. The van der Waals surface area contributed by atoms with Crippen molar-refractivity contribution in [2.45, 2.75) is 96.8 Å². The average Bonchev–Trinajstić information content (AvgIpc) is 3.45. The second kappa shape index (κ2) is 10.6. The van der Waals surface area contributed by atoms with E-state index in [-0.39, 0.29) is 36.3 Å². The van der Waals surface area contributed by atoms with Crippen LogP contribution in [0, 0.1) is 18.7 Å². The van der Waals surface area contributed by atoms with Gasteiger partial charge in [0.05, 0.1) is 0 Å². The molecule has 2 amide bonds.